The molecular formula is C17H18N2O. The number of hydrogen-bond donors (Lipinski definition) is 1. The number of hydrogen-bond acceptors (Lipinski definition) is 2. The van der Waals surface area contributed by atoms with E-state index in [0.29, 0.717) is 18.2 Å². The van der Waals surface area contributed by atoms with Crippen molar-refractivity contribution in [1.29, 1.82) is 0 Å². The maximum atomic E-state index is 12.6. The second kappa shape index (κ2) is 4.67. The Hall–Kier alpha value is -2.29. The second-order valence-electron chi connectivity index (χ2n) is 5.48. The lowest BCUT2D eigenvalue weighted by Crippen LogP contribution is -2.24. The molecule has 3 rings (SSSR count). The zero-order chi connectivity index (χ0) is 14.3. The van der Waals surface area contributed by atoms with Crippen LogP contribution in [0.5, 0.6) is 0 Å². The number of para-hydroxylation sites is 1. The molecule has 2 aromatic rings. The minimum absolute atomic E-state index is 0.0420. The smallest absolute Gasteiger partial charge is 0.259 e. The molecule has 0 bridgehead atoms. The van der Waals surface area contributed by atoms with Crippen LogP contribution in [0.3, 0.4) is 0 Å². The summed E-state index contributed by atoms with van der Waals surface area (Å²) in [4.78, 5) is 14.4. The zero-order valence-corrected chi connectivity index (χ0v) is 11.8. The van der Waals surface area contributed by atoms with Crippen LogP contribution in [0, 0.1) is 0 Å². The first kappa shape index (κ1) is 12.7. The van der Waals surface area contributed by atoms with E-state index in [1.807, 2.05) is 41.3 Å². The number of rotatable bonds is 2. The molecule has 1 aliphatic rings. The largest absolute Gasteiger partial charge is 0.398 e. The molecule has 20 heavy (non-hydrogen) atoms. The van der Waals surface area contributed by atoms with E-state index in [4.69, 9.17) is 5.73 Å². The number of carbonyl (C=O) groups is 1. The molecule has 0 saturated carbocycles. The van der Waals surface area contributed by atoms with Crippen molar-refractivity contribution in [3.8, 4) is 0 Å². The Morgan fingerprint density at radius 3 is 2.55 bits per heavy atom. The number of nitrogen functional groups attached to an aromatic ring is 1. The predicted octanol–water partition coefficient (Wildman–Crippen LogP) is 3.55. The van der Waals surface area contributed by atoms with Gasteiger partial charge in [-0.2, -0.15) is 0 Å². The van der Waals surface area contributed by atoms with Gasteiger partial charge < -0.3 is 10.6 Å². The minimum atomic E-state index is 0.0420. The molecule has 0 radical (unpaired) electrons. The van der Waals surface area contributed by atoms with Crippen LogP contribution in [0.4, 0.5) is 11.4 Å². The second-order valence-corrected chi connectivity index (χ2v) is 5.48. The lowest BCUT2D eigenvalue weighted by molar-refractivity contribution is 0.0996. The van der Waals surface area contributed by atoms with Crippen molar-refractivity contribution in [3.05, 3.63) is 59.2 Å². The molecule has 2 aromatic carbocycles. The Morgan fingerprint density at radius 2 is 1.85 bits per heavy atom. The van der Waals surface area contributed by atoms with E-state index in [2.05, 4.69) is 19.9 Å². The van der Waals surface area contributed by atoms with Gasteiger partial charge in [-0.25, -0.2) is 0 Å². The molecule has 2 N–H and O–H groups in total. The fraction of sp³-hybridized carbons (Fsp3) is 0.235. The van der Waals surface area contributed by atoms with Crippen molar-refractivity contribution in [2.75, 3.05) is 10.6 Å². The first-order valence-electron chi connectivity index (χ1n) is 6.87. The third-order valence-electron chi connectivity index (χ3n) is 3.85. The summed E-state index contributed by atoms with van der Waals surface area (Å²) in [5.74, 6) is 0.417. The highest BCUT2D eigenvalue weighted by Crippen LogP contribution is 2.35. The van der Waals surface area contributed by atoms with Gasteiger partial charge in [-0.15, -0.1) is 0 Å². The number of fused-ring (bicyclic) bond motifs is 1. The lowest BCUT2D eigenvalue weighted by atomic mass is 10.0. The van der Waals surface area contributed by atoms with Crippen molar-refractivity contribution >= 4 is 17.3 Å². The Bertz CT molecular complexity index is 676. The van der Waals surface area contributed by atoms with Crippen molar-refractivity contribution in [2.24, 2.45) is 0 Å². The molecule has 1 heterocycles. The van der Waals surface area contributed by atoms with Crippen LogP contribution < -0.4 is 10.6 Å². The highest BCUT2D eigenvalue weighted by Gasteiger charge is 2.31. The van der Waals surface area contributed by atoms with Crippen molar-refractivity contribution in [1.82, 2.24) is 0 Å². The molecule has 1 aliphatic heterocycles. The molecule has 0 fully saturated rings. The molecule has 0 saturated heterocycles. The van der Waals surface area contributed by atoms with Crippen LogP contribution in [0.2, 0.25) is 0 Å². The van der Waals surface area contributed by atoms with Gasteiger partial charge in [0.2, 0.25) is 0 Å². The highest BCUT2D eigenvalue weighted by atomic mass is 16.2. The SMILES string of the molecule is CC(C)c1ccccc1N1Cc2c(N)cccc2C1=O. The van der Waals surface area contributed by atoms with Crippen LogP contribution >= 0.6 is 0 Å². The van der Waals surface area contributed by atoms with Gasteiger partial charge in [0.15, 0.2) is 0 Å². The van der Waals surface area contributed by atoms with Gasteiger partial charge >= 0.3 is 0 Å². The topological polar surface area (TPSA) is 46.3 Å². The molecule has 102 valence electrons. The zero-order valence-electron chi connectivity index (χ0n) is 11.8. The van der Waals surface area contributed by atoms with Crippen molar-refractivity contribution < 1.29 is 4.79 Å². The van der Waals surface area contributed by atoms with Crippen LogP contribution in [-0.4, -0.2) is 5.91 Å². The Morgan fingerprint density at radius 1 is 1.10 bits per heavy atom. The Kier molecular flexibility index (Phi) is 2.97. The maximum absolute atomic E-state index is 12.6. The summed E-state index contributed by atoms with van der Waals surface area (Å²) < 4.78 is 0. The monoisotopic (exact) mass is 266 g/mol. The molecule has 0 spiro atoms. The standard InChI is InChI=1S/C17H18N2O/c1-11(2)12-6-3-4-9-16(12)19-10-14-13(17(19)20)7-5-8-15(14)18/h3-9,11H,10,18H2,1-2H3. The third kappa shape index (κ3) is 1.86. The van der Waals surface area contributed by atoms with E-state index in [1.165, 1.54) is 5.56 Å². The summed E-state index contributed by atoms with van der Waals surface area (Å²) in [6.07, 6.45) is 0. The summed E-state index contributed by atoms with van der Waals surface area (Å²) in [6, 6.07) is 13.6. The van der Waals surface area contributed by atoms with Crippen molar-refractivity contribution in [2.45, 2.75) is 26.3 Å². The Labute approximate surface area is 119 Å². The summed E-state index contributed by atoms with van der Waals surface area (Å²) in [6.45, 7) is 4.84. The van der Waals surface area contributed by atoms with Crippen LogP contribution in [0.1, 0.15) is 41.3 Å². The normalized spacial score (nSPS) is 13.9. The van der Waals surface area contributed by atoms with E-state index in [0.717, 1.165) is 16.8 Å². The first-order chi connectivity index (χ1) is 9.59. The molecule has 0 aliphatic carbocycles. The fourth-order valence-electron chi connectivity index (χ4n) is 2.77. The number of anilines is 2. The molecule has 3 nitrogen and oxygen atoms in total. The van der Waals surface area contributed by atoms with Crippen LogP contribution in [0.25, 0.3) is 0 Å². The Balaban J connectivity index is 2.07. The van der Waals surface area contributed by atoms with Gasteiger partial charge in [-0.3, -0.25) is 4.79 Å². The van der Waals surface area contributed by atoms with Gasteiger partial charge in [0.05, 0.1) is 6.54 Å². The van der Waals surface area contributed by atoms with Crippen LogP contribution in [0.15, 0.2) is 42.5 Å². The van der Waals surface area contributed by atoms with Gasteiger partial charge in [0.1, 0.15) is 0 Å². The third-order valence-corrected chi connectivity index (χ3v) is 3.85. The highest BCUT2D eigenvalue weighted by molar-refractivity contribution is 6.11. The number of carbonyl (C=O) groups excluding carboxylic acids is 1. The predicted molar refractivity (Wildman–Crippen MR) is 81.9 cm³/mol. The number of nitrogens with two attached hydrogens (primary N) is 1. The summed E-state index contributed by atoms with van der Waals surface area (Å²) in [7, 11) is 0. The first-order valence-corrected chi connectivity index (χ1v) is 6.87. The fourth-order valence-corrected chi connectivity index (χ4v) is 2.77. The summed E-state index contributed by atoms with van der Waals surface area (Å²) >= 11 is 0. The molecule has 0 atom stereocenters. The summed E-state index contributed by atoms with van der Waals surface area (Å²) in [5.41, 5.74) is 10.5. The van der Waals surface area contributed by atoms with E-state index in [-0.39, 0.29) is 5.91 Å². The molecule has 3 heteroatoms. The molecule has 1 amide bonds. The van der Waals surface area contributed by atoms with Gasteiger partial charge in [-0.1, -0.05) is 38.1 Å². The van der Waals surface area contributed by atoms with Crippen molar-refractivity contribution in [3.63, 3.8) is 0 Å². The van der Waals surface area contributed by atoms with E-state index in [1.54, 1.807) is 0 Å². The number of nitrogens with zero attached hydrogens (tertiary/aromatic N) is 1. The van der Waals surface area contributed by atoms with Gasteiger partial charge in [-0.05, 0) is 29.7 Å². The lowest BCUT2D eigenvalue weighted by Gasteiger charge is -2.21. The quantitative estimate of drug-likeness (QED) is 0.845. The van der Waals surface area contributed by atoms with E-state index < -0.39 is 0 Å². The minimum Gasteiger partial charge on any atom is -0.398 e. The van der Waals surface area contributed by atoms with E-state index >= 15 is 0 Å². The van der Waals surface area contributed by atoms with Gasteiger partial charge in [0, 0.05) is 22.5 Å². The number of benzene rings is 2. The summed E-state index contributed by atoms with van der Waals surface area (Å²) in [5, 5.41) is 0. The van der Waals surface area contributed by atoms with Gasteiger partial charge in [0.25, 0.3) is 5.91 Å². The van der Waals surface area contributed by atoms with Crippen LogP contribution in [-0.2, 0) is 6.54 Å². The van der Waals surface area contributed by atoms with E-state index in [9.17, 15) is 4.79 Å². The maximum Gasteiger partial charge on any atom is 0.259 e. The molecular weight excluding hydrogens is 248 g/mol. The molecule has 0 unspecified atom stereocenters. The average Bonchev–Trinajstić information content (AvgIpc) is 2.78. The average molecular weight is 266 g/mol. The number of amides is 1. The molecule has 0 aromatic heterocycles.